The van der Waals surface area contributed by atoms with Crippen LogP contribution in [0, 0.1) is 6.92 Å². The molecule has 2 heterocycles. The van der Waals surface area contributed by atoms with Gasteiger partial charge in [0.25, 0.3) is 0 Å². The number of benzene rings is 1. The van der Waals surface area contributed by atoms with Crippen molar-refractivity contribution in [1.29, 1.82) is 0 Å². The van der Waals surface area contributed by atoms with E-state index in [0.717, 1.165) is 11.1 Å². The van der Waals surface area contributed by atoms with Gasteiger partial charge in [0.2, 0.25) is 5.88 Å². The lowest BCUT2D eigenvalue weighted by Crippen LogP contribution is -1.88. The van der Waals surface area contributed by atoms with Crippen LogP contribution in [-0.2, 0) is 0 Å². The van der Waals surface area contributed by atoms with Crippen molar-refractivity contribution < 1.29 is 8.94 Å². The molecular weight excluding hydrogens is 299 g/mol. The van der Waals surface area contributed by atoms with Crippen LogP contribution in [0.2, 0.25) is 10.0 Å². The highest BCUT2D eigenvalue weighted by molar-refractivity contribution is 6.42. The molecule has 0 atom stereocenters. The molecule has 102 valence electrons. The lowest BCUT2D eigenvalue weighted by atomic mass is 10.0. The Balaban J connectivity index is 2.21. The second-order valence-corrected chi connectivity index (χ2v) is 5.15. The van der Waals surface area contributed by atoms with Crippen molar-refractivity contribution in [2.75, 3.05) is 5.73 Å². The van der Waals surface area contributed by atoms with Crippen molar-refractivity contribution in [3.05, 3.63) is 46.1 Å². The highest BCUT2D eigenvalue weighted by Gasteiger charge is 2.21. The maximum atomic E-state index is 6.04. The molecule has 0 aliphatic heterocycles. The molecule has 6 heteroatoms. The summed E-state index contributed by atoms with van der Waals surface area (Å²) < 4.78 is 10.5. The number of nitrogens with two attached hydrogens (primary N) is 1. The number of hydrogen-bond donors (Lipinski definition) is 1. The van der Waals surface area contributed by atoms with Crippen LogP contribution in [0.4, 0.5) is 5.88 Å². The van der Waals surface area contributed by atoms with Crippen LogP contribution in [-0.4, -0.2) is 5.16 Å². The van der Waals surface area contributed by atoms with Crippen molar-refractivity contribution in [3.8, 4) is 22.6 Å². The number of halogens is 2. The molecule has 1 aromatic carbocycles. The van der Waals surface area contributed by atoms with Gasteiger partial charge in [0.05, 0.1) is 21.9 Å². The first-order valence-electron chi connectivity index (χ1n) is 5.83. The first kappa shape index (κ1) is 13.1. The minimum atomic E-state index is 0.203. The summed E-state index contributed by atoms with van der Waals surface area (Å²) in [5.41, 5.74) is 8.77. The first-order valence-corrected chi connectivity index (χ1v) is 6.58. The maximum Gasteiger partial charge on any atom is 0.230 e. The van der Waals surface area contributed by atoms with E-state index in [-0.39, 0.29) is 5.88 Å². The predicted molar refractivity (Wildman–Crippen MR) is 78.8 cm³/mol. The first-order chi connectivity index (χ1) is 9.58. The van der Waals surface area contributed by atoms with Crippen LogP contribution in [0.25, 0.3) is 22.6 Å². The standard InChI is InChI=1S/C14H10Cl2N2O2/c1-7-4-5-19-13(7)12-11(14(17)20-18-12)8-2-3-9(15)10(16)6-8/h2-6H,17H2,1H3. The molecule has 0 fully saturated rings. The molecule has 0 amide bonds. The number of hydrogen-bond acceptors (Lipinski definition) is 4. The van der Waals surface area contributed by atoms with Gasteiger partial charge in [0.15, 0.2) is 11.5 Å². The maximum absolute atomic E-state index is 6.04. The molecule has 2 N–H and O–H groups in total. The van der Waals surface area contributed by atoms with Gasteiger partial charge in [-0.25, -0.2) is 0 Å². The highest BCUT2D eigenvalue weighted by Crippen LogP contribution is 2.39. The van der Waals surface area contributed by atoms with E-state index < -0.39 is 0 Å². The Morgan fingerprint density at radius 1 is 1.15 bits per heavy atom. The zero-order chi connectivity index (χ0) is 14.3. The van der Waals surface area contributed by atoms with Crippen LogP contribution in [0.3, 0.4) is 0 Å². The van der Waals surface area contributed by atoms with E-state index in [9.17, 15) is 0 Å². The topological polar surface area (TPSA) is 65.2 Å². The summed E-state index contributed by atoms with van der Waals surface area (Å²) in [4.78, 5) is 0. The van der Waals surface area contributed by atoms with Crippen molar-refractivity contribution in [2.24, 2.45) is 0 Å². The third-order valence-electron chi connectivity index (χ3n) is 3.00. The fourth-order valence-electron chi connectivity index (χ4n) is 2.00. The molecular formula is C14H10Cl2N2O2. The molecule has 0 aliphatic rings. The van der Waals surface area contributed by atoms with Crippen LogP contribution in [0.5, 0.6) is 0 Å². The molecule has 0 bridgehead atoms. The zero-order valence-corrected chi connectivity index (χ0v) is 12.0. The number of aromatic nitrogens is 1. The number of aryl methyl sites for hydroxylation is 1. The molecule has 0 unspecified atom stereocenters. The lowest BCUT2D eigenvalue weighted by molar-refractivity contribution is 0.435. The molecule has 3 aromatic rings. The smallest absolute Gasteiger partial charge is 0.230 e. The van der Waals surface area contributed by atoms with Crippen LogP contribution < -0.4 is 5.73 Å². The number of nitrogens with zero attached hydrogens (tertiary/aromatic N) is 1. The van der Waals surface area contributed by atoms with E-state index >= 15 is 0 Å². The van der Waals surface area contributed by atoms with Gasteiger partial charge in [-0.05, 0) is 36.2 Å². The average molecular weight is 309 g/mol. The van der Waals surface area contributed by atoms with Gasteiger partial charge in [-0.1, -0.05) is 34.4 Å². The molecule has 2 aromatic heterocycles. The fraction of sp³-hybridized carbons (Fsp3) is 0.0714. The molecule has 0 saturated carbocycles. The van der Waals surface area contributed by atoms with Crippen molar-refractivity contribution in [3.63, 3.8) is 0 Å². The number of rotatable bonds is 2. The van der Waals surface area contributed by atoms with E-state index in [2.05, 4.69) is 5.16 Å². The van der Waals surface area contributed by atoms with E-state index in [1.165, 1.54) is 0 Å². The minimum Gasteiger partial charge on any atom is -0.462 e. The second-order valence-electron chi connectivity index (χ2n) is 4.33. The Labute approximate surface area is 125 Å². The summed E-state index contributed by atoms with van der Waals surface area (Å²) in [5.74, 6) is 0.820. The zero-order valence-electron chi connectivity index (χ0n) is 10.5. The minimum absolute atomic E-state index is 0.203. The van der Waals surface area contributed by atoms with Crippen molar-refractivity contribution in [2.45, 2.75) is 6.92 Å². The number of anilines is 1. The van der Waals surface area contributed by atoms with E-state index in [1.54, 1.807) is 24.5 Å². The van der Waals surface area contributed by atoms with E-state index in [4.69, 9.17) is 37.9 Å². The molecule has 0 spiro atoms. The molecule has 0 radical (unpaired) electrons. The molecule has 4 nitrogen and oxygen atoms in total. The largest absolute Gasteiger partial charge is 0.462 e. The summed E-state index contributed by atoms with van der Waals surface area (Å²) in [6.07, 6.45) is 1.59. The van der Waals surface area contributed by atoms with E-state index in [1.807, 2.05) is 13.0 Å². The van der Waals surface area contributed by atoms with Crippen LogP contribution >= 0.6 is 23.2 Å². The molecule has 0 saturated heterocycles. The predicted octanol–water partition coefficient (Wildman–Crippen LogP) is 4.80. The summed E-state index contributed by atoms with van der Waals surface area (Å²) in [6, 6.07) is 7.07. The SMILES string of the molecule is Cc1ccoc1-c1noc(N)c1-c1ccc(Cl)c(Cl)c1. The van der Waals surface area contributed by atoms with E-state index in [0.29, 0.717) is 27.1 Å². The summed E-state index contributed by atoms with van der Waals surface area (Å²) >= 11 is 12.0. The number of nitrogen functional groups attached to an aromatic ring is 1. The highest BCUT2D eigenvalue weighted by atomic mass is 35.5. The fourth-order valence-corrected chi connectivity index (χ4v) is 2.30. The summed E-state index contributed by atoms with van der Waals surface area (Å²) in [5, 5.41) is 4.89. The third-order valence-corrected chi connectivity index (χ3v) is 3.74. The molecule has 3 rings (SSSR count). The Morgan fingerprint density at radius 2 is 1.95 bits per heavy atom. The lowest BCUT2D eigenvalue weighted by Gasteiger charge is -2.03. The van der Waals surface area contributed by atoms with Gasteiger partial charge in [-0.2, -0.15) is 0 Å². The number of furan rings is 1. The van der Waals surface area contributed by atoms with Gasteiger partial charge < -0.3 is 14.7 Å². The van der Waals surface area contributed by atoms with Gasteiger partial charge in [-0.15, -0.1) is 0 Å². The Hall–Kier alpha value is -1.91. The van der Waals surface area contributed by atoms with Crippen LogP contribution in [0.1, 0.15) is 5.56 Å². The Bertz CT molecular complexity index is 777. The van der Waals surface area contributed by atoms with Crippen LogP contribution in [0.15, 0.2) is 39.5 Å². The van der Waals surface area contributed by atoms with Gasteiger partial charge in [0.1, 0.15) is 0 Å². The second kappa shape index (κ2) is 4.89. The Kier molecular flexibility index (Phi) is 3.20. The summed E-state index contributed by atoms with van der Waals surface area (Å²) in [6.45, 7) is 1.92. The van der Waals surface area contributed by atoms with Gasteiger partial charge in [0, 0.05) is 0 Å². The molecule has 20 heavy (non-hydrogen) atoms. The quantitative estimate of drug-likeness (QED) is 0.738. The summed E-state index contributed by atoms with van der Waals surface area (Å²) in [7, 11) is 0. The normalized spacial score (nSPS) is 10.9. The van der Waals surface area contributed by atoms with Gasteiger partial charge in [-0.3, -0.25) is 0 Å². The Morgan fingerprint density at radius 3 is 2.60 bits per heavy atom. The van der Waals surface area contributed by atoms with Gasteiger partial charge >= 0.3 is 0 Å². The average Bonchev–Trinajstić information content (AvgIpc) is 2.99. The van der Waals surface area contributed by atoms with Crippen molar-refractivity contribution in [1.82, 2.24) is 5.16 Å². The molecule has 0 aliphatic carbocycles. The van der Waals surface area contributed by atoms with Crippen molar-refractivity contribution >= 4 is 29.1 Å². The monoisotopic (exact) mass is 308 g/mol. The third kappa shape index (κ3) is 2.07.